The number of aromatic nitrogens is 3. The first-order chi connectivity index (χ1) is 13.2. The number of benzene rings is 1. The minimum Gasteiger partial charge on any atom is -0.497 e. The van der Waals surface area contributed by atoms with Gasteiger partial charge in [-0.15, -0.1) is 0 Å². The Morgan fingerprint density at radius 1 is 1.37 bits per heavy atom. The lowest BCUT2D eigenvalue weighted by Crippen LogP contribution is -2.47. The van der Waals surface area contributed by atoms with E-state index in [2.05, 4.69) is 32.4 Å². The van der Waals surface area contributed by atoms with Crippen molar-refractivity contribution < 1.29 is 9.53 Å². The largest absolute Gasteiger partial charge is 0.497 e. The first kappa shape index (κ1) is 17.5. The van der Waals surface area contributed by atoms with Gasteiger partial charge in [-0.25, -0.2) is 9.50 Å². The van der Waals surface area contributed by atoms with Crippen molar-refractivity contribution >= 4 is 11.6 Å². The number of piperidine rings is 1. The molecule has 7 heteroatoms. The fourth-order valence-electron chi connectivity index (χ4n) is 3.60. The Morgan fingerprint density at radius 3 is 3.19 bits per heavy atom. The van der Waals surface area contributed by atoms with Gasteiger partial charge in [-0.3, -0.25) is 9.69 Å². The third kappa shape index (κ3) is 3.93. The van der Waals surface area contributed by atoms with Crippen LogP contribution in [0.15, 0.2) is 48.9 Å². The molecule has 1 N–H and O–H groups in total. The van der Waals surface area contributed by atoms with E-state index in [0.717, 1.165) is 38.2 Å². The topological polar surface area (TPSA) is 71.8 Å². The molecule has 27 heavy (non-hydrogen) atoms. The lowest BCUT2D eigenvalue weighted by atomic mass is 10.0. The predicted molar refractivity (Wildman–Crippen MR) is 102 cm³/mol. The molecule has 0 saturated carbocycles. The van der Waals surface area contributed by atoms with Gasteiger partial charge in [0.15, 0.2) is 5.65 Å². The lowest BCUT2D eigenvalue weighted by molar-refractivity contribution is 0.0902. The molecule has 1 aromatic carbocycles. The molecule has 2 aromatic heterocycles. The van der Waals surface area contributed by atoms with E-state index in [4.69, 9.17) is 4.74 Å². The second kappa shape index (κ2) is 7.75. The number of amides is 1. The summed E-state index contributed by atoms with van der Waals surface area (Å²) in [7, 11) is 1.68. The van der Waals surface area contributed by atoms with Crippen molar-refractivity contribution in [2.75, 3.05) is 20.2 Å². The van der Waals surface area contributed by atoms with Crippen molar-refractivity contribution in [3.8, 4) is 5.75 Å². The van der Waals surface area contributed by atoms with Crippen LogP contribution in [0.2, 0.25) is 0 Å². The van der Waals surface area contributed by atoms with Crippen LogP contribution in [0, 0.1) is 0 Å². The van der Waals surface area contributed by atoms with Gasteiger partial charge in [0.2, 0.25) is 0 Å². The number of ether oxygens (including phenoxy) is 1. The summed E-state index contributed by atoms with van der Waals surface area (Å²) >= 11 is 0. The van der Waals surface area contributed by atoms with Gasteiger partial charge in [-0.1, -0.05) is 12.1 Å². The van der Waals surface area contributed by atoms with Crippen molar-refractivity contribution in [3.05, 3.63) is 60.0 Å². The molecule has 0 bridgehead atoms. The maximum absolute atomic E-state index is 12.7. The van der Waals surface area contributed by atoms with E-state index in [1.807, 2.05) is 12.1 Å². The number of hydrogen-bond donors (Lipinski definition) is 1. The summed E-state index contributed by atoms with van der Waals surface area (Å²) in [5, 5.41) is 7.34. The normalized spacial score (nSPS) is 17.7. The number of methoxy groups -OCH3 is 1. The summed E-state index contributed by atoms with van der Waals surface area (Å²) in [6.07, 6.45) is 7.07. The summed E-state index contributed by atoms with van der Waals surface area (Å²) in [5.74, 6) is 0.756. The van der Waals surface area contributed by atoms with Gasteiger partial charge in [0, 0.05) is 31.5 Å². The molecular weight excluding hydrogens is 342 g/mol. The van der Waals surface area contributed by atoms with E-state index >= 15 is 0 Å². The Balaban J connectivity index is 1.40. The molecule has 3 aromatic rings. The van der Waals surface area contributed by atoms with Crippen LogP contribution in [-0.4, -0.2) is 51.6 Å². The SMILES string of the molecule is COc1cccc(CN2CCCC(NC(=O)c3cnn4cccnc34)C2)c1. The van der Waals surface area contributed by atoms with Crippen LogP contribution in [0.5, 0.6) is 5.75 Å². The van der Waals surface area contributed by atoms with Gasteiger partial charge >= 0.3 is 0 Å². The third-order valence-corrected chi connectivity index (χ3v) is 4.90. The molecule has 1 aliphatic heterocycles. The summed E-state index contributed by atoms with van der Waals surface area (Å²) in [4.78, 5) is 19.3. The molecule has 7 nitrogen and oxygen atoms in total. The molecule has 1 unspecified atom stereocenters. The number of rotatable bonds is 5. The summed E-state index contributed by atoms with van der Waals surface area (Å²) < 4.78 is 6.92. The Morgan fingerprint density at radius 2 is 2.30 bits per heavy atom. The highest BCUT2D eigenvalue weighted by Gasteiger charge is 2.23. The molecule has 140 valence electrons. The second-order valence-corrected chi connectivity index (χ2v) is 6.85. The first-order valence-electron chi connectivity index (χ1n) is 9.17. The van der Waals surface area contributed by atoms with Crippen LogP contribution in [0.3, 0.4) is 0 Å². The van der Waals surface area contributed by atoms with Crippen molar-refractivity contribution in [1.82, 2.24) is 24.8 Å². The zero-order chi connectivity index (χ0) is 18.6. The van der Waals surface area contributed by atoms with Gasteiger partial charge < -0.3 is 10.1 Å². The first-order valence-corrected chi connectivity index (χ1v) is 9.17. The summed E-state index contributed by atoms with van der Waals surface area (Å²) in [6, 6.07) is 10.0. The number of carbonyl (C=O) groups excluding carboxylic acids is 1. The van der Waals surface area contributed by atoms with Crippen LogP contribution < -0.4 is 10.1 Å². The van der Waals surface area contributed by atoms with Gasteiger partial charge in [-0.05, 0) is 43.1 Å². The van der Waals surface area contributed by atoms with E-state index in [1.165, 1.54) is 5.56 Å². The molecule has 4 rings (SSSR count). The minimum absolute atomic E-state index is 0.114. The van der Waals surface area contributed by atoms with Gasteiger partial charge in [0.25, 0.3) is 5.91 Å². The number of nitrogens with zero attached hydrogens (tertiary/aromatic N) is 4. The van der Waals surface area contributed by atoms with Crippen molar-refractivity contribution in [3.63, 3.8) is 0 Å². The van der Waals surface area contributed by atoms with Gasteiger partial charge in [-0.2, -0.15) is 5.10 Å². The molecule has 1 aliphatic rings. The zero-order valence-corrected chi connectivity index (χ0v) is 15.3. The second-order valence-electron chi connectivity index (χ2n) is 6.85. The van der Waals surface area contributed by atoms with Crippen molar-refractivity contribution in [1.29, 1.82) is 0 Å². The average Bonchev–Trinajstić information content (AvgIpc) is 3.13. The van der Waals surface area contributed by atoms with E-state index in [9.17, 15) is 4.79 Å². The predicted octanol–water partition coefficient (Wildman–Crippen LogP) is 2.13. The van der Waals surface area contributed by atoms with Gasteiger partial charge in [0.05, 0.1) is 13.3 Å². The van der Waals surface area contributed by atoms with E-state index in [0.29, 0.717) is 11.2 Å². The summed E-state index contributed by atoms with van der Waals surface area (Å²) in [5.41, 5.74) is 2.31. The fourth-order valence-corrected chi connectivity index (χ4v) is 3.60. The number of carbonyl (C=O) groups is 1. The minimum atomic E-state index is -0.114. The van der Waals surface area contributed by atoms with E-state index in [1.54, 1.807) is 36.3 Å². The number of fused-ring (bicyclic) bond motifs is 1. The molecule has 3 heterocycles. The molecule has 0 spiro atoms. The quantitative estimate of drug-likeness (QED) is 0.750. The molecule has 0 aliphatic carbocycles. The molecule has 1 atom stereocenters. The third-order valence-electron chi connectivity index (χ3n) is 4.90. The van der Waals surface area contributed by atoms with Crippen molar-refractivity contribution in [2.45, 2.75) is 25.4 Å². The van der Waals surface area contributed by atoms with Crippen LogP contribution in [0.4, 0.5) is 0 Å². The highest BCUT2D eigenvalue weighted by molar-refractivity contribution is 5.99. The molecule has 1 fully saturated rings. The average molecular weight is 365 g/mol. The van der Waals surface area contributed by atoms with E-state index in [-0.39, 0.29) is 11.9 Å². The van der Waals surface area contributed by atoms with Crippen LogP contribution in [0.1, 0.15) is 28.8 Å². The van der Waals surface area contributed by atoms with E-state index < -0.39 is 0 Å². The fraction of sp³-hybridized carbons (Fsp3) is 0.350. The highest BCUT2D eigenvalue weighted by atomic mass is 16.5. The number of hydrogen-bond acceptors (Lipinski definition) is 5. The smallest absolute Gasteiger partial charge is 0.257 e. The highest BCUT2D eigenvalue weighted by Crippen LogP contribution is 2.18. The lowest BCUT2D eigenvalue weighted by Gasteiger charge is -2.33. The Hall–Kier alpha value is -2.93. The Kier molecular flexibility index (Phi) is 5.02. The Bertz CT molecular complexity index is 939. The molecule has 0 radical (unpaired) electrons. The standard InChI is InChI=1S/C20H23N5O2/c1-27-17-7-2-5-15(11-17)13-24-9-3-6-16(14-24)23-20(26)18-12-22-25-10-4-8-21-19(18)25/h2,4-5,7-8,10-12,16H,3,6,9,13-14H2,1H3,(H,23,26). The maximum Gasteiger partial charge on any atom is 0.257 e. The van der Waals surface area contributed by atoms with Crippen LogP contribution >= 0.6 is 0 Å². The summed E-state index contributed by atoms with van der Waals surface area (Å²) in [6.45, 7) is 2.71. The van der Waals surface area contributed by atoms with Crippen LogP contribution in [-0.2, 0) is 6.54 Å². The van der Waals surface area contributed by atoms with Crippen molar-refractivity contribution in [2.24, 2.45) is 0 Å². The molecular formula is C20H23N5O2. The molecule has 1 saturated heterocycles. The molecule has 1 amide bonds. The number of likely N-dealkylation sites (tertiary alicyclic amines) is 1. The van der Waals surface area contributed by atoms with Gasteiger partial charge in [0.1, 0.15) is 11.3 Å². The maximum atomic E-state index is 12.7. The van der Waals surface area contributed by atoms with Crippen LogP contribution in [0.25, 0.3) is 5.65 Å². The number of nitrogens with one attached hydrogen (secondary N) is 1. The Labute approximate surface area is 158 Å². The zero-order valence-electron chi connectivity index (χ0n) is 15.3. The monoisotopic (exact) mass is 365 g/mol.